The molecule has 0 spiro atoms. The van der Waals surface area contributed by atoms with Crippen LogP contribution in [0.25, 0.3) is 0 Å². The second-order valence-corrected chi connectivity index (χ2v) is 5.23. The molecule has 0 atom stereocenters. The molecule has 1 fully saturated rings. The van der Waals surface area contributed by atoms with Gasteiger partial charge in [0.1, 0.15) is 0 Å². The Morgan fingerprint density at radius 3 is 2.63 bits per heavy atom. The monoisotopic (exact) mass is 264 g/mol. The number of aromatic nitrogens is 1. The van der Waals surface area contributed by atoms with Crippen molar-refractivity contribution in [3.05, 3.63) is 30.1 Å². The number of carboxylic acid groups (broad SMARTS) is 1. The molecule has 1 N–H and O–H groups in total. The van der Waals surface area contributed by atoms with E-state index in [4.69, 9.17) is 4.74 Å². The summed E-state index contributed by atoms with van der Waals surface area (Å²) in [4.78, 5) is 17.6. The second kappa shape index (κ2) is 6.12. The Labute approximate surface area is 113 Å². The molecule has 1 saturated heterocycles. The van der Waals surface area contributed by atoms with Crippen molar-refractivity contribution in [3.8, 4) is 0 Å². The van der Waals surface area contributed by atoms with Crippen LogP contribution < -0.4 is 0 Å². The molecule has 1 aromatic rings. The highest BCUT2D eigenvalue weighted by atomic mass is 16.5. The van der Waals surface area contributed by atoms with Crippen molar-refractivity contribution in [1.82, 2.24) is 9.88 Å². The molecule has 2 rings (SSSR count). The zero-order valence-corrected chi connectivity index (χ0v) is 11.2. The fourth-order valence-electron chi connectivity index (χ4n) is 2.57. The van der Waals surface area contributed by atoms with Gasteiger partial charge in [-0.3, -0.25) is 9.78 Å². The van der Waals surface area contributed by atoms with Crippen LogP contribution >= 0.6 is 0 Å². The van der Waals surface area contributed by atoms with E-state index in [0.29, 0.717) is 32.6 Å². The van der Waals surface area contributed by atoms with E-state index < -0.39 is 11.4 Å². The van der Waals surface area contributed by atoms with Crippen LogP contribution in [0.15, 0.2) is 24.5 Å². The van der Waals surface area contributed by atoms with Crippen LogP contribution in [0.3, 0.4) is 0 Å². The predicted molar refractivity (Wildman–Crippen MR) is 70.7 cm³/mol. The summed E-state index contributed by atoms with van der Waals surface area (Å²) in [6.07, 6.45) is 4.68. The van der Waals surface area contributed by atoms with E-state index in [1.807, 2.05) is 19.2 Å². The van der Waals surface area contributed by atoms with Crippen LogP contribution in [0.4, 0.5) is 0 Å². The SMILES string of the molecule is CN(Cc1ccncc1)CC1(C(=O)O)CCOCC1. The molecular formula is C14H20N2O3. The molecule has 0 aromatic carbocycles. The standard InChI is InChI=1S/C14H20N2O3/c1-16(10-12-2-6-15-7-3-12)11-14(13(17)18)4-8-19-9-5-14/h2-3,6-7H,4-5,8-11H2,1H3,(H,17,18). The summed E-state index contributed by atoms with van der Waals surface area (Å²) in [5.41, 5.74) is 0.477. The predicted octanol–water partition coefficient (Wildman–Crippen LogP) is 1.39. The maximum Gasteiger partial charge on any atom is 0.311 e. The number of hydrogen-bond donors (Lipinski definition) is 1. The first-order chi connectivity index (χ1) is 9.12. The van der Waals surface area contributed by atoms with Crippen LogP contribution in [0.5, 0.6) is 0 Å². The Hall–Kier alpha value is -1.46. The van der Waals surface area contributed by atoms with Gasteiger partial charge in [0.15, 0.2) is 0 Å². The molecule has 0 radical (unpaired) electrons. The van der Waals surface area contributed by atoms with E-state index in [0.717, 1.165) is 12.1 Å². The van der Waals surface area contributed by atoms with E-state index >= 15 is 0 Å². The van der Waals surface area contributed by atoms with Crippen molar-refractivity contribution < 1.29 is 14.6 Å². The van der Waals surface area contributed by atoms with Crippen molar-refractivity contribution in [2.75, 3.05) is 26.8 Å². The van der Waals surface area contributed by atoms with Gasteiger partial charge >= 0.3 is 5.97 Å². The van der Waals surface area contributed by atoms with Gasteiger partial charge in [-0.05, 0) is 37.6 Å². The fourth-order valence-corrected chi connectivity index (χ4v) is 2.57. The molecule has 104 valence electrons. The molecule has 0 bridgehead atoms. The Kier molecular flexibility index (Phi) is 4.50. The van der Waals surface area contributed by atoms with E-state index in [1.54, 1.807) is 12.4 Å². The maximum atomic E-state index is 11.6. The highest BCUT2D eigenvalue weighted by Gasteiger charge is 2.40. The van der Waals surface area contributed by atoms with Crippen LogP contribution in [0.2, 0.25) is 0 Å². The molecular weight excluding hydrogens is 244 g/mol. The highest BCUT2D eigenvalue weighted by Crippen LogP contribution is 2.32. The summed E-state index contributed by atoms with van der Waals surface area (Å²) in [6, 6.07) is 3.90. The van der Waals surface area contributed by atoms with Gasteiger partial charge in [-0.25, -0.2) is 0 Å². The Bertz CT molecular complexity index is 416. The normalized spacial score (nSPS) is 18.4. The number of hydrogen-bond acceptors (Lipinski definition) is 4. The summed E-state index contributed by atoms with van der Waals surface area (Å²) >= 11 is 0. The number of nitrogens with zero attached hydrogens (tertiary/aromatic N) is 2. The van der Waals surface area contributed by atoms with Gasteiger partial charge in [-0.15, -0.1) is 0 Å². The van der Waals surface area contributed by atoms with Gasteiger partial charge in [0.05, 0.1) is 5.41 Å². The minimum atomic E-state index is -0.711. The molecule has 0 amide bonds. The van der Waals surface area contributed by atoms with Gasteiger partial charge in [0.2, 0.25) is 0 Å². The van der Waals surface area contributed by atoms with Crippen molar-refractivity contribution in [2.45, 2.75) is 19.4 Å². The van der Waals surface area contributed by atoms with Gasteiger partial charge in [-0.1, -0.05) is 0 Å². The van der Waals surface area contributed by atoms with Crippen molar-refractivity contribution >= 4 is 5.97 Å². The quantitative estimate of drug-likeness (QED) is 0.871. The summed E-state index contributed by atoms with van der Waals surface area (Å²) in [5.74, 6) is -0.711. The van der Waals surface area contributed by atoms with Crippen LogP contribution in [-0.4, -0.2) is 47.8 Å². The third kappa shape index (κ3) is 3.52. The Morgan fingerprint density at radius 2 is 2.05 bits per heavy atom. The topological polar surface area (TPSA) is 62.7 Å². The molecule has 0 aliphatic carbocycles. The molecule has 19 heavy (non-hydrogen) atoms. The summed E-state index contributed by atoms with van der Waals surface area (Å²) < 4.78 is 5.28. The van der Waals surface area contributed by atoms with E-state index in [-0.39, 0.29) is 0 Å². The average molecular weight is 264 g/mol. The van der Waals surface area contributed by atoms with Crippen molar-refractivity contribution in [3.63, 3.8) is 0 Å². The van der Waals surface area contributed by atoms with Crippen LogP contribution in [-0.2, 0) is 16.1 Å². The number of pyridine rings is 1. The maximum absolute atomic E-state index is 11.6. The summed E-state index contributed by atoms with van der Waals surface area (Å²) in [7, 11) is 1.96. The lowest BCUT2D eigenvalue weighted by atomic mass is 9.80. The van der Waals surface area contributed by atoms with Gasteiger partial charge < -0.3 is 14.7 Å². The number of rotatable bonds is 5. The lowest BCUT2D eigenvalue weighted by Gasteiger charge is -2.36. The fraction of sp³-hybridized carbons (Fsp3) is 0.571. The number of carbonyl (C=O) groups is 1. The largest absolute Gasteiger partial charge is 0.481 e. The molecule has 5 heteroatoms. The van der Waals surface area contributed by atoms with E-state index in [9.17, 15) is 9.90 Å². The van der Waals surface area contributed by atoms with Crippen LogP contribution in [0, 0.1) is 5.41 Å². The molecule has 1 aliphatic rings. The average Bonchev–Trinajstić information content (AvgIpc) is 2.40. The first kappa shape index (κ1) is 14.0. The molecule has 0 unspecified atom stereocenters. The lowest BCUT2D eigenvalue weighted by molar-refractivity contribution is -0.156. The van der Waals surface area contributed by atoms with E-state index in [1.165, 1.54) is 0 Å². The minimum absolute atomic E-state index is 0.537. The first-order valence-electron chi connectivity index (χ1n) is 6.51. The third-order valence-corrected chi connectivity index (χ3v) is 3.68. The van der Waals surface area contributed by atoms with E-state index in [2.05, 4.69) is 9.88 Å². The van der Waals surface area contributed by atoms with Gasteiger partial charge in [0, 0.05) is 38.7 Å². The molecule has 2 heterocycles. The van der Waals surface area contributed by atoms with Gasteiger partial charge in [0.25, 0.3) is 0 Å². The molecule has 5 nitrogen and oxygen atoms in total. The zero-order chi connectivity index (χ0) is 13.7. The number of aliphatic carboxylic acids is 1. The van der Waals surface area contributed by atoms with Gasteiger partial charge in [-0.2, -0.15) is 0 Å². The van der Waals surface area contributed by atoms with Crippen molar-refractivity contribution in [2.24, 2.45) is 5.41 Å². The smallest absolute Gasteiger partial charge is 0.311 e. The third-order valence-electron chi connectivity index (χ3n) is 3.68. The van der Waals surface area contributed by atoms with Crippen LogP contribution in [0.1, 0.15) is 18.4 Å². The molecule has 0 saturated carbocycles. The van der Waals surface area contributed by atoms with Crippen molar-refractivity contribution in [1.29, 1.82) is 0 Å². The Morgan fingerprint density at radius 1 is 1.42 bits per heavy atom. The second-order valence-electron chi connectivity index (χ2n) is 5.23. The number of ether oxygens (including phenoxy) is 1. The summed E-state index contributed by atoms with van der Waals surface area (Å²) in [6.45, 7) is 2.36. The lowest BCUT2D eigenvalue weighted by Crippen LogP contribution is -2.45. The molecule has 1 aromatic heterocycles. The Balaban J connectivity index is 1.99. The zero-order valence-electron chi connectivity index (χ0n) is 11.2. The minimum Gasteiger partial charge on any atom is -0.481 e. The summed E-state index contributed by atoms with van der Waals surface area (Å²) in [5, 5.41) is 9.51. The number of carboxylic acids is 1. The first-order valence-corrected chi connectivity index (χ1v) is 6.51. The highest BCUT2D eigenvalue weighted by molar-refractivity contribution is 5.75. The molecule has 1 aliphatic heterocycles.